The number of benzene rings is 2. The Morgan fingerprint density at radius 3 is 1.77 bits per heavy atom. The van der Waals surface area contributed by atoms with Gasteiger partial charge in [-0.05, 0) is 49.7 Å². The fourth-order valence-corrected chi connectivity index (χ4v) is 3.57. The maximum Gasteiger partial charge on any atom is 0.404 e. The van der Waals surface area contributed by atoms with E-state index >= 15 is 0 Å². The third kappa shape index (κ3) is 11.1. The molecule has 7 nitrogen and oxygen atoms in total. The first-order valence-electron chi connectivity index (χ1n) is 10.8. The summed E-state index contributed by atoms with van der Waals surface area (Å²) in [5.41, 5.74) is 2.57. The first kappa shape index (κ1) is 24.2. The zero-order valence-corrected chi connectivity index (χ0v) is 17.8. The van der Waals surface area contributed by atoms with Crippen LogP contribution in [0.2, 0.25) is 0 Å². The second-order valence-corrected chi connectivity index (χ2v) is 7.67. The molecule has 31 heavy (non-hydrogen) atoms. The van der Waals surface area contributed by atoms with E-state index in [4.69, 9.17) is 10.2 Å². The van der Waals surface area contributed by atoms with Crippen molar-refractivity contribution in [2.75, 3.05) is 13.1 Å². The van der Waals surface area contributed by atoms with Crippen molar-refractivity contribution in [2.24, 2.45) is 0 Å². The standard InChI is InChI=1S/C24H33N3O4/c28-23(29)25-17-7-12-22(27-24(30)31)18-26-21(15-13-19-8-3-1-4-9-19)16-14-20-10-5-2-6-11-20/h1-6,8-11,21-22,25-27H,7,12-18H2,(H,28,29)(H,30,31)/t22-/m0/s1. The van der Waals surface area contributed by atoms with Crippen LogP contribution in [0.4, 0.5) is 9.59 Å². The second-order valence-electron chi connectivity index (χ2n) is 7.67. The molecule has 1 atom stereocenters. The molecular formula is C24H33N3O4. The third-order valence-corrected chi connectivity index (χ3v) is 5.23. The zero-order chi connectivity index (χ0) is 22.3. The van der Waals surface area contributed by atoms with E-state index in [9.17, 15) is 9.59 Å². The Bertz CT molecular complexity index is 727. The number of aryl methyl sites for hydroxylation is 2. The first-order valence-corrected chi connectivity index (χ1v) is 10.8. The predicted molar refractivity (Wildman–Crippen MR) is 122 cm³/mol. The predicted octanol–water partition coefficient (Wildman–Crippen LogP) is 3.89. The molecule has 0 radical (unpaired) electrons. The van der Waals surface area contributed by atoms with Crippen molar-refractivity contribution < 1.29 is 19.8 Å². The molecule has 5 N–H and O–H groups in total. The van der Waals surface area contributed by atoms with Crippen molar-refractivity contribution >= 4 is 12.2 Å². The number of hydrogen-bond acceptors (Lipinski definition) is 3. The SMILES string of the molecule is O=C(O)NCCC[C@@H](CNC(CCc1ccccc1)CCc1ccccc1)NC(=O)O. The van der Waals surface area contributed by atoms with Gasteiger partial charge in [-0.1, -0.05) is 60.7 Å². The van der Waals surface area contributed by atoms with Gasteiger partial charge in [-0.2, -0.15) is 0 Å². The summed E-state index contributed by atoms with van der Waals surface area (Å²) in [6.45, 7) is 0.812. The van der Waals surface area contributed by atoms with Crippen molar-refractivity contribution in [3.8, 4) is 0 Å². The van der Waals surface area contributed by atoms with E-state index in [1.165, 1.54) is 11.1 Å². The van der Waals surface area contributed by atoms with Crippen molar-refractivity contribution in [1.29, 1.82) is 0 Å². The van der Waals surface area contributed by atoms with E-state index in [0.717, 1.165) is 25.7 Å². The Hall–Kier alpha value is -3.06. The molecule has 2 rings (SSSR count). The molecule has 0 aliphatic heterocycles. The van der Waals surface area contributed by atoms with Crippen LogP contribution in [0, 0.1) is 0 Å². The minimum atomic E-state index is -1.07. The maximum absolute atomic E-state index is 11.2. The lowest BCUT2D eigenvalue weighted by molar-refractivity contribution is 0.186. The van der Waals surface area contributed by atoms with Crippen molar-refractivity contribution in [3.63, 3.8) is 0 Å². The molecule has 0 saturated carbocycles. The highest BCUT2D eigenvalue weighted by Crippen LogP contribution is 2.12. The number of hydrogen-bond donors (Lipinski definition) is 5. The van der Waals surface area contributed by atoms with E-state index in [0.29, 0.717) is 25.9 Å². The van der Waals surface area contributed by atoms with Crippen LogP contribution >= 0.6 is 0 Å². The molecule has 0 aromatic heterocycles. The van der Waals surface area contributed by atoms with Crippen LogP contribution in [-0.2, 0) is 12.8 Å². The third-order valence-electron chi connectivity index (χ3n) is 5.23. The summed E-state index contributed by atoms with van der Waals surface area (Å²) in [4.78, 5) is 21.7. The average molecular weight is 428 g/mol. The minimum Gasteiger partial charge on any atom is -0.465 e. The maximum atomic E-state index is 11.2. The molecule has 0 saturated heterocycles. The van der Waals surface area contributed by atoms with Gasteiger partial charge in [0.05, 0.1) is 0 Å². The van der Waals surface area contributed by atoms with E-state index in [-0.39, 0.29) is 12.1 Å². The number of carbonyl (C=O) groups is 2. The monoisotopic (exact) mass is 427 g/mol. The zero-order valence-electron chi connectivity index (χ0n) is 17.8. The fraction of sp³-hybridized carbons (Fsp3) is 0.417. The molecule has 0 unspecified atom stereocenters. The molecule has 2 amide bonds. The smallest absolute Gasteiger partial charge is 0.404 e. The molecule has 2 aromatic rings. The fourth-order valence-electron chi connectivity index (χ4n) is 3.57. The summed E-state index contributed by atoms with van der Waals surface area (Å²) in [5.74, 6) is 0. The first-order chi connectivity index (χ1) is 15.0. The number of carboxylic acid groups (broad SMARTS) is 2. The summed E-state index contributed by atoms with van der Waals surface area (Å²) in [5, 5.41) is 26.2. The van der Waals surface area contributed by atoms with Crippen LogP contribution in [0.15, 0.2) is 60.7 Å². The van der Waals surface area contributed by atoms with Crippen LogP contribution in [-0.4, -0.2) is 47.6 Å². The Morgan fingerprint density at radius 2 is 1.29 bits per heavy atom. The average Bonchev–Trinajstić information content (AvgIpc) is 2.76. The molecule has 168 valence electrons. The van der Waals surface area contributed by atoms with Crippen LogP contribution in [0.3, 0.4) is 0 Å². The lowest BCUT2D eigenvalue weighted by Crippen LogP contribution is -2.45. The Balaban J connectivity index is 1.90. The number of amides is 2. The van der Waals surface area contributed by atoms with Crippen molar-refractivity contribution in [3.05, 3.63) is 71.8 Å². The molecule has 0 fully saturated rings. The van der Waals surface area contributed by atoms with Crippen LogP contribution in [0.1, 0.15) is 36.8 Å². The molecule has 2 aromatic carbocycles. The van der Waals surface area contributed by atoms with Crippen LogP contribution < -0.4 is 16.0 Å². The summed E-state index contributed by atoms with van der Waals surface area (Å²) < 4.78 is 0. The van der Waals surface area contributed by atoms with Gasteiger partial charge >= 0.3 is 12.2 Å². The van der Waals surface area contributed by atoms with Crippen molar-refractivity contribution in [2.45, 2.75) is 50.6 Å². The normalized spacial score (nSPS) is 11.8. The lowest BCUT2D eigenvalue weighted by atomic mass is 9.98. The van der Waals surface area contributed by atoms with E-state index < -0.39 is 12.2 Å². The molecule has 7 heteroatoms. The highest BCUT2D eigenvalue weighted by atomic mass is 16.4. The molecular weight excluding hydrogens is 394 g/mol. The van der Waals surface area contributed by atoms with Crippen LogP contribution in [0.25, 0.3) is 0 Å². The number of nitrogens with one attached hydrogen (secondary N) is 3. The Labute approximate surface area is 183 Å². The van der Waals surface area contributed by atoms with E-state index in [1.54, 1.807) is 0 Å². The van der Waals surface area contributed by atoms with Gasteiger partial charge in [0.2, 0.25) is 0 Å². The van der Waals surface area contributed by atoms with Gasteiger partial charge in [0, 0.05) is 25.2 Å². The van der Waals surface area contributed by atoms with Gasteiger partial charge in [-0.3, -0.25) is 0 Å². The highest BCUT2D eigenvalue weighted by Gasteiger charge is 2.15. The van der Waals surface area contributed by atoms with Gasteiger partial charge in [0.1, 0.15) is 0 Å². The van der Waals surface area contributed by atoms with Gasteiger partial charge < -0.3 is 26.2 Å². The van der Waals surface area contributed by atoms with Gasteiger partial charge in [0.25, 0.3) is 0 Å². The molecule has 0 spiro atoms. The summed E-state index contributed by atoms with van der Waals surface area (Å²) in [6.07, 6.45) is 2.81. The summed E-state index contributed by atoms with van der Waals surface area (Å²) in [6, 6.07) is 20.7. The topological polar surface area (TPSA) is 111 Å². The molecule has 0 heterocycles. The van der Waals surface area contributed by atoms with E-state index in [1.807, 2.05) is 36.4 Å². The molecule has 0 aliphatic carbocycles. The van der Waals surface area contributed by atoms with Crippen molar-refractivity contribution in [1.82, 2.24) is 16.0 Å². The Kier molecular flexibility index (Phi) is 11.0. The molecule has 0 bridgehead atoms. The Morgan fingerprint density at radius 1 is 0.742 bits per heavy atom. The van der Waals surface area contributed by atoms with Gasteiger partial charge in [0.15, 0.2) is 0 Å². The quantitative estimate of drug-likeness (QED) is 0.294. The number of rotatable bonds is 14. The summed E-state index contributed by atoms with van der Waals surface area (Å²) in [7, 11) is 0. The second kappa shape index (κ2) is 14.0. The van der Waals surface area contributed by atoms with Crippen LogP contribution in [0.5, 0.6) is 0 Å². The minimum absolute atomic E-state index is 0.246. The summed E-state index contributed by atoms with van der Waals surface area (Å²) >= 11 is 0. The van der Waals surface area contributed by atoms with E-state index in [2.05, 4.69) is 40.2 Å². The largest absolute Gasteiger partial charge is 0.465 e. The molecule has 0 aliphatic rings. The highest BCUT2D eigenvalue weighted by molar-refractivity contribution is 5.65. The van der Waals surface area contributed by atoms with Gasteiger partial charge in [-0.25, -0.2) is 9.59 Å². The van der Waals surface area contributed by atoms with Gasteiger partial charge in [-0.15, -0.1) is 0 Å². The lowest BCUT2D eigenvalue weighted by Gasteiger charge is -2.24.